The summed E-state index contributed by atoms with van der Waals surface area (Å²) in [4.78, 5) is 4.00. The van der Waals surface area contributed by atoms with Crippen LogP contribution in [-0.2, 0) is 6.42 Å². The minimum Gasteiger partial charge on any atom is -0.264 e. The fourth-order valence-electron chi connectivity index (χ4n) is 1.14. The molecule has 0 saturated heterocycles. The molecule has 2 nitrogen and oxygen atoms in total. The Labute approximate surface area is 72.9 Å². The fourth-order valence-corrected chi connectivity index (χ4v) is 1.14. The van der Waals surface area contributed by atoms with E-state index in [1.807, 2.05) is 0 Å². The molecular weight excluding hydrogens is 148 g/mol. The quantitative estimate of drug-likeness (QED) is 0.664. The predicted molar refractivity (Wildman–Crippen MR) is 47.5 cm³/mol. The van der Waals surface area contributed by atoms with E-state index in [1.54, 1.807) is 18.5 Å². The van der Waals surface area contributed by atoms with Gasteiger partial charge in [0.2, 0.25) is 0 Å². The van der Waals surface area contributed by atoms with Crippen molar-refractivity contribution in [1.82, 2.24) is 4.98 Å². The number of hydrogen-bond acceptors (Lipinski definition) is 2. The topological polar surface area (TPSA) is 36.7 Å². The van der Waals surface area contributed by atoms with Crippen molar-refractivity contribution in [2.24, 2.45) is 5.92 Å². The molecule has 0 aliphatic rings. The molecule has 1 aromatic rings. The van der Waals surface area contributed by atoms with Crippen LogP contribution in [0.25, 0.3) is 0 Å². The Hall–Kier alpha value is -1.36. The molecule has 0 aliphatic carbocycles. The van der Waals surface area contributed by atoms with E-state index in [1.165, 1.54) is 0 Å². The van der Waals surface area contributed by atoms with Crippen LogP contribution in [0.2, 0.25) is 0 Å². The highest BCUT2D eigenvalue weighted by molar-refractivity contribution is 5.34. The van der Waals surface area contributed by atoms with E-state index < -0.39 is 0 Å². The molecule has 0 radical (unpaired) electrons. The lowest BCUT2D eigenvalue weighted by Crippen LogP contribution is -1.97. The van der Waals surface area contributed by atoms with Gasteiger partial charge in [0.1, 0.15) is 0 Å². The van der Waals surface area contributed by atoms with Gasteiger partial charge in [-0.3, -0.25) is 4.98 Å². The van der Waals surface area contributed by atoms with Crippen LogP contribution in [0, 0.1) is 17.2 Å². The summed E-state index contributed by atoms with van der Waals surface area (Å²) in [6.45, 7) is 4.27. The van der Waals surface area contributed by atoms with Crippen LogP contribution in [-0.4, -0.2) is 4.98 Å². The zero-order valence-electron chi connectivity index (χ0n) is 7.41. The van der Waals surface area contributed by atoms with Gasteiger partial charge in [0.05, 0.1) is 11.6 Å². The summed E-state index contributed by atoms with van der Waals surface area (Å²) in [5, 5.41) is 8.75. The third kappa shape index (κ3) is 2.06. The predicted octanol–water partition coefficient (Wildman–Crippen LogP) is 2.15. The molecule has 1 rings (SSSR count). The van der Waals surface area contributed by atoms with E-state index in [0.717, 1.165) is 17.5 Å². The van der Waals surface area contributed by atoms with Crippen molar-refractivity contribution in [3.05, 3.63) is 29.6 Å². The molecule has 0 amide bonds. The zero-order valence-corrected chi connectivity index (χ0v) is 7.41. The van der Waals surface area contributed by atoms with Crippen LogP contribution in [0.5, 0.6) is 0 Å². The molecule has 0 bridgehead atoms. The van der Waals surface area contributed by atoms with Crippen LogP contribution in [0.4, 0.5) is 0 Å². The SMILES string of the molecule is CC(C)Cc1cnccc1C#N. The smallest absolute Gasteiger partial charge is 0.0995 e. The molecule has 0 aromatic carbocycles. The first-order valence-corrected chi connectivity index (χ1v) is 4.07. The van der Waals surface area contributed by atoms with Gasteiger partial charge in [-0.05, 0) is 24.0 Å². The normalized spacial score (nSPS) is 9.83. The summed E-state index contributed by atoms with van der Waals surface area (Å²) in [5.74, 6) is 0.571. The fraction of sp³-hybridized carbons (Fsp3) is 0.400. The maximum atomic E-state index is 8.75. The molecule has 0 N–H and O–H groups in total. The highest BCUT2D eigenvalue weighted by Gasteiger charge is 2.02. The Balaban J connectivity index is 2.91. The second-order valence-corrected chi connectivity index (χ2v) is 3.24. The van der Waals surface area contributed by atoms with Gasteiger partial charge >= 0.3 is 0 Å². The van der Waals surface area contributed by atoms with Crippen LogP contribution >= 0.6 is 0 Å². The molecule has 0 aliphatic heterocycles. The third-order valence-corrected chi connectivity index (χ3v) is 1.65. The van der Waals surface area contributed by atoms with Crippen molar-refractivity contribution >= 4 is 0 Å². The summed E-state index contributed by atoms with van der Waals surface area (Å²) < 4.78 is 0. The number of pyridine rings is 1. The highest BCUT2D eigenvalue weighted by Crippen LogP contribution is 2.10. The maximum Gasteiger partial charge on any atom is 0.0995 e. The molecule has 0 atom stereocenters. The minimum atomic E-state index is 0.571. The zero-order chi connectivity index (χ0) is 8.97. The van der Waals surface area contributed by atoms with Gasteiger partial charge in [-0.1, -0.05) is 13.8 Å². The minimum absolute atomic E-state index is 0.571. The van der Waals surface area contributed by atoms with E-state index in [4.69, 9.17) is 5.26 Å². The maximum absolute atomic E-state index is 8.75. The van der Waals surface area contributed by atoms with Crippen LogP contribution in [0.3, 0.4) is 0 Å². The lowest BCUT2D eigenvalue weighted by molar-refractivity contribution is 0.644. The van der Waals surface area contributed by atoms with E-state index in [-0.39, 0.29) is 0 Å². The highest BCUT2D eigenvalue weighted by atomic mass is 14.6. The number of nitrogens with zero attached hydrogens (tertiary/aromatic N) is 2. The van der Waals surface area contributed by atoms with Crippen LogP contribution in [0.1, 0.15) is 25.0 Å². The van der Waals surface area contributed by atoms with Crippen molar-refractivity contribution in [3.63, 3.8) is 0 Å². The molecule has 12 heavy (non-hydrogen) atoms. The number of aromatic nitrogens is 1. The summed E-state index contributed by atoms with van der Waals surface area (Å²) >= 11 is 0. The van der Waals surface area contributed by atoms with E-state index >= 15 is 0 Å². The van der Waals surface area contributed by atoms with Gasteiger partial charge in [-0.2, -0.15) is 5.26 Å². The van der Waals surface area contributed by atoms with Gasteiger partial charge in [0.25, 0.3) is 0 Å². The Bertz CT molecular complexity index is 297. The van der Waals surface area contributed by atoms with Gasteiger partial charge in [0, 0.05) is 12.4 Å². The van der Waals surface area contributed by atoms with Crippen LogP contribution in [0.15, 0.2) is 18.5 Å². The average molecular weight is 160 g/mol. The third-order valence-electron chi connectivity index (χ3n) is 1.65. The Morgan fingerprint density at radius 2 is 2.33 bits per heavy atom. The van der Waals surface area contributed by atoms with E-state index in [0.29, 0.717) is 5.92 Å². The molecule has 0 fully saturated rings. The molecule has 2 heteroatoms. The molecular formula is C10H12N2. The second kappa shape index (κ2) is 3.87. The Kier molecular flexibility index (Phi) is 2.82. The van der Waals surface area contributed by atoms with Crippen molar-refractivity contribution in [2.45, 2.75) is 20.3 Å². The summed E-state index contributed by atoms with van der Waals surface area (Å²) in [7, 11) is 0. The molecule has 62 valence electrons. The second-order valence-electron chi connectivity index (χ2n) is 3.24. The largest absolute Gasteiger partial charge is 0.264 e. The molecule has 0 spiro atoms. The lowest BCUT2D eigenvalue weighted by atomic mass is 10.0. The first-order chi connectivity index (χ1) is 5.74. The van der Waals surface area contributed by atoms with Crippen LogP contribution < -0.4 is 0 Å². The van der Waals surface area contributed by atoms with Crippen molar-refractivity contribution in [1.29, 1.82) is 5.26 Å². The number of hydrogen-bond donors (Lipinski definition) is 0. The van der Waals surface area contributed by atoms with Gasteiger partial charge in [0.15, 0.2) is 0 Å². The summed E-state index contributed by atoms with van der Waals surface area (Å²) in [6.07, 6.45) is 4.36. The Morgan fingerprint density at radius 1 is 1.58 bits per heavy atom. The molecule has 0 unspecified atom stereocenters. The van der Waals surface area contributed by atoms with Gasteiger partial charge < -0.3 is 0 Å². The van der Waals surface area contributed by atoms with Gasteiger partial charge in [-0.25, -0.2) is 0 Å². The van der Waals surface area contributed by atoms with Gasteiger partial charge in [-0.15, -0.1) is 0 Å². The lowest BCUT2D eigenvalue weighted by Gasteiger charge is -2.04. The molecule has 1 heterocycles. The monoisotopic (exact) mass is 160 g/mol. The van der Waals surface area contributed by atoms with E-state index in [2.05, 4.69) is 24.9 Å². The summed E-state index contributed by atoms with van der Waals surface area (Å²) in [5.41, 5.74) is 1.80. The first kappa shape index (κ1) is 8.73. The molecule has 0 saturated carbocycles. The average Bonchev–Trinajstić information content (AvgIpc) is 2.04. The van der Waals surface area contributed by atoms with Crippen molar-refractivity contribution < 1.29 is 0 Å². The number of rotatable bonds is 2. The molecule has 1 aromatic heterocycles. The van der Waals surface area contributed by atoms with Crippen molar-refractivity contribution in [3.8, 4) is 6.07 Å². The number of nitriles is 1. The Morgan fingerprint density at radius 3 is 2.92 bits per heavy atom. The van der Waals surface area contributed by atoms with Crippen molar-refractivity contribution in [2.75, 3.05) is 0 Å². The summed E-state index contributed by atoms with van der Waals surface area (Å²) in [6, 6.07) is 3.92. The first-order valence-electron chi connectivity index (χ1n) is 4.07. The standard InChI is InChI=1S/C10H12N2/c1-8(2)5-10-7-12-4-3-9(10)6-11/h3-4,7-8H,5H2,1-2H3. The van der Waals surface area contributed by atoms with E-state index in [9.17, 15) is 0 Å².